The molecule has 0 saturated carbocycles. The molecule has 1 saturated heterocycles. The lowest BCUT2D eigenvalue weighted by Gasteiger charge is -2.21. The topological polar surface area (TPSA) is 75.6 Å². The third-order valence-corrected chi connectivity index (χ3v) is 7.02. The molecule has 0 bridgehead atoms. The molecule has 0 unspecified atom stereocenters. The van der Waals surface area contributed by atoms with Crippen LogP contribution in [0.1, 0.15) is 36.8 Å². The van der Waals surface area contributed by atoms with Crippen LogP contribution in [-0.4, -0.2) is 41.6 Å². The first-order valence-electron chi connectivity index (χ1n) is 8.34. The fourth-order valence-corrected chi connectivity index (χ4v) is 5.12. The highest BCUT2D eigenvalue weighted by Gasteiger charge is 2.26. The van der Waals surface area contributed by atoms with Crippen molar-refractivity contribution in [3.8, 4) is 5.75 Å². The number of amides is 1. The maximum Gasteiger partial charge on any atom is 0.309 e. The minimum absolute atomic E-state index is 0.0697. The fraction of sp³-hybridized carbons (Fsp3) is 0.556. The normalized spacial score (nSPS) is 15.6. The zero-order chi connectivity index (χ0) is 18.3. The molecule has 1 aromatic carbocycles. The van der Waals surface area contributed by atoms with Crippen LogP contribution in [0.15, 0.2) is 24.3 Å². The van der Waals surface area contributed by atoms with Crippen LogP contribution in [0.5, 0.6) is 5.75 Å². The van der Waals surface area contributed by atoms with E-state index in [1.54, 1.807) is 13.8 Å². The Morgan fingerprint density at radius 3 is 2.48 bits per heavy atom. The molecule has 1 amide bonds. The van der Waals surface area contributed by atoms with Gasteiger partial charge in [-0.1, -0.05) is 12.1 Å². The Morgan fingerprint density at radius 1 is 1.24 bits per heavy atom. The van der Waals surface area contributed by atoms with Gasteiger partial charge in [-0.3, -0.25) is 9.59 Å². The van der Waals surface area contributed by atoms with Crippen LogP contribution in [0.25, 0.3) is 0 Å². The van der Waals surface area contributed by atoms with E-state index in [1.807, 2.05) is 35.7 Å². The molecule has 0 aromatic heterocycles. The van der Waals surface area contributed by atoms with E-state index < -0.39 is 11.4 Å². The first kappa shape index (κ1) is 20.0. The second-order valence-corrected chi connectivity index (χ2v) is 9.30. The zero-order valence-corrected chi connectivity index (χ0v) is 16.3. The van der Waals surface area contributed by atoms with Crippen LogP contribution < -0.4 is 10.1 Å². The smallest absolute Gasteiger partial charge is 0.309 e. The lowest BCUT2D eigenvalue weighted by atomic mass is 9.90. The Kier molecular flexibility index (Phi) is 7.50. The Balaban J connectivity index is 1.71. The monoisotopic (exact) mass is 383 g/mol. The number of ether oxygens (including phenoxy) is 1. The van der Waals surface area contributed by atoms with Crippen LogP contribution in [0, 0.1) is 5.41 Å². The lowest BCUT2D eigenvalue weighted by molar-refractivity contribution is -0.147. The van der Waals surface area contributed by atoms with Crippen molar-refractivity contribution in [1.82, 2.24) is 5.32 Å². The average molecular weight is 384 g/mol. The molecule has 1 heterocycles. The van der Waals surface area contributed by atoms with E-state index in [9.17, 15) is 9.59 Å². The molecule has 138 valence electrons. The van der Waals surface area contributed by atoms with Crippen LogP contribution in [0.4, 0.5) is 0 Å². The Labute approximate surface area is 157 Å². The molecule has 0 spiro atoms. The van der Waals surface area contributed by atoms with Gasteiger partial charge >= 0.3 is 5.97 Å². The van der Waals surface area contributed by atoms with Crippen LogP contribution in [0.2, 0.25) is 0 Å². The van der Waals surface area contributed by atoms with E-state index in [4.69, 9.17) is 9.84 Å². The van der Waals surface area contributed by atoms with E-state index in [-0.39, 0.29) is 12.5 Å². The zero-order valence-electron chi connectivity index (χ0n) is 14.6. The highest BCUT2D eigenvalue weighted by molar-refractivity contribution is 8.16. The summed E-state index contributed by atoms with van der Waals surface area (Å²) in [6.07, 6.45) is 1.64. The molecule has 7 heteroatoms. The molecular formula is C18H25NO4S2. The van der Waals surface area contributed by atoms with Gasteiger partial charge in [-0.05, 0) is 55.9 Å². The number of nitrogens with one attached hydrogen (secondary N) is 1. The molecule has 1 aliphatic rings. The van der Waals surface area contributed by atoms with Crippen LogP contribution >= 0.6 is 23.5 Å². The first-order chi connectivity index (χ1) is 11.9. The molecular weight excluding hydrogens is 358 g/mol. The van der Waals surface area contributed by atoms with Crippen molar-refractivity contribution < 1.29 is 19.4 Å². The molecule has 25 heavy (non-hydrogen) atoms. The van der Waals surface area contributed by atoms with Gasteiger partial charge in [0, 0.05) is 6.54 Å². The van der Waals surface area contributed by atoms with E-state index in [1.165, 1.54) is 23.5 Å². The Morgan fingerprint density at radius 2 is 1.88 bits per heavy atom. The molecule has 0 radical (unpaired) electrons. The predicted octanol–water partition coefficient (Wildman–Crippen LogP) is 3.55. The maximum atomic E-state index is 11.8. The van der Waals surface area contributed by atoms with Crippen molar-refractivity contribution in [2.45, 2.75) is 31.3 Å². The van der Waals surface area contributed by atoms with Crippen LogP contribution in [0.3, 0.4) is 0 Å². The highest BCUT2D eigenvalue weighted by atomic mass is 32.2. The van der Waals surface area contributed by atoms with Gasteiger partial charge in [0.25, 0.3) is 5.91 Å². The predicted molar refractivity (Wildman–Crippen MR) is 103 cm³/mol. The van der Waals surface area contributed by atoms with Gasteiger partial charge in [-0.15, -0.1) is 23.5 Å². The molecule has 0 aliphatic carbocycles. The average Bonchev–Trinajstić information content (AvgIpc) is 2.61. The third-order valence-electron chi connectivity index (χ3n) is 4.00. The van der Waals surface area contributed by atoms with E-state index in [2.05, 4.69) is 17.4 Å². The van der Waals surface area contributed by atoms with Gasteiger partial charge in [-0.2, -0.15) is 0 Å². The molecule has 0 atom stereocenters. The minimum Gasteiger partial charge on any atom is -0.484 e. The van der Waals surface area contributed by atoms with Crippen molar-refractivity contribution in [3.63, 3.8) is 0 Å². The summed E-state index contributed by atoms with van der Waals surface area (Å²) in [5, 5.41) is 11.7. The quantitative estimate of drug-likeness (QED) is 0.715. The van der Waals surface area contributed by atoms with Crippen molar-refractivity contribution in [2.75, 3.05) is 24.7 Å². The number of hydrogen-bond donors (Lipinski definition) is 2. The second kappa shape index (κ2) is 9.38. The van der Waals surface area contributed by atoms with Crippen molar-refractivity contribution in [2.24, 2.45) is 5.41 Å². The number of rotatable bonds is 8. The number of carbonyl (C=O) groups excluding carboxylic acids is 1. The van der Waals surface area contributed by atoms with Gasteiger partial charge in [0.15, 0.2) is 6.61 Å². The SMILES string of the molecule is CC(C)(CCNC(=O)COc1ccc(C2SCCCS2)cc1)C(=O)O. The van der Waals surface area contributed by atoms with E-state index >= 15 is 0 Å². The summed E-state index contributed by atoms with van der Waals surface area (Å²) in [6, 6.07) is 7.90. The molecule has 2 N–H and O–H groups in total. The minimum atomic E-state index is -0.868. The summed E-state index contributed by atoms with van der Waals surface area (Å²) in [6.45, 7) is 3.53. The summed E-state index contributed by atoms with van der Waals surface area (Å²) in [5.74, 6) is 1.95. The molecule has 2 rings (SSSR count). The van der Waals surface area contributed by atoms with Crippen molar-refractivity contribution >= 4 is 35.4 Å². The second-order valence-electron chi connectivity index (χ2n) is 6.57. The lowest BCUT2D eigenvalue weighted by Crippen LogP contribution is -2.34. The summed E-state index contributed by atoms with van der Waals surface area (Å²) >= 11 is 3.94. The van der Waals surface area contributed by atoms with Gasteiger partial charge in [0.2, 0.25) is 0 Å². The number of carboxylic acids is 1. The highest BCUT2D eigenvalue weighted by Crippen LogP contribution is 2.43. The Hall–Kier alpha value is -1.34. The summed E-state index contributed by atoms with van der Waals surface area (Å²) in [7, 11) is 0. The standard InChI is InChI=1S/C18H25NO4S2/c1-18(2,17(21)22)8-9-19-15(20)12-23-14-6-4-13(5-7-14)16-24-10-3-11-25-16/h4-7,16H,3,8-12H2,1-2H3,(H,19,20)(H,21,22). The molecule has 1 aromatic rings. The van der Waals surface area contributed by atoms with Gasteiger partial charge in [-0.25, -0.2) is 0 Å². The molecule has 1 aliphatic heterocycles. The van der Waals surface area contributed by atoms with Crippen LogP contribution in [-0.2, 0) is 9.59 Å². The van der Waals surface area contributed by atoms with Crippen molar-refractivity contribution in [1.29, 1.82) is 0 Å². The van der Waals surface area contributed by atoms with Gasteiger partial charge in [0.05, 0.1) is 10.00 Å². The number of aliphatic carboxylic acids is 1. The number of hydrogen-bond acceptors (Lipinski definition) is 5. The Bertz CT molecular complexity index is 583. The number of thioether (sulfide) groups is 2. The summed E-state index contributed by atoms with van der Waals surface area (Å²) in [5.41, 5.74) is 0.432. The summed E-state index contributed by atoms with van der Waals surface area (Å²) in [4.78, 5) is 22.8. The largest absolute Gasteiger partial charge is 0.484 e. The van der Waals surface area contributed by atoms with Gasteiger partial charge in [0.1, 0.15) is 5.75 Å². The summed E-state index contributed by atoms with van der Waals surface area (Å²) < 4.78 is 5.99. The van der Waals surface area contributed by atoms with Crippen molar-refractivity contribution in [3.05, 3.63) is 29.8 Å². The van der Waals surface area contributed by atoms with Gasteiger partial charge < -0.3 is 15.2 Å². The molecule has 1 fully saturated rings. The number of carboxylic acid groups (broad SMARTS) is 1. The number of carbonyl (C=O) groups is 2. The van der Waals surface area contributed by atoms with E-state index in [0.717, 1.165) is 0 Å². The first-order valence-corrected chi connectivity index (χ1v) is 10.4. The fourth-order valence-electron chi connectivity index (χ4n) is 2.22. The van der Waals surface area contributed by atoms with E-state index in [0.29, 0.717) is 23.3 Å². The third kappa shape index (κ3) is 6.47. The molecule has 5 nitrogen and oxygen atoms in total. The maximum absolute atomic E-state index is 11.8. The number of benzene rings is 1.